The minimum Gasteiger partial charge on any atom is -0.496 e. The molecule has 0 aliphatic carbocycles. The van der Waals surface area contributed by atoms with E-state index in [-0.39, 0.29) is 6.54 Å². The average molecular weight is 264 g/mol. The predicted octanol–water partition coefficient (Wildman–Crippen LogP) is 1.71. The lowest BCUT2D eigenvalue weighted by Gasteiger charge is -2.12. The first-order valence-electron chi connectivity index (χ1n) is 4.61. The van der Waals surface area contributed by atoms with Crippen LogP contribution in [-0.4, -0.2) is 21.8 Å². The van der Waals surface area contributed by atoms with E-state index in [1.165, 1.54) is 0 Å². The lowest BCUT2D eigenvalue weighted by atomic mass is 10.1. The lowest BCUT2D eigenvalue weighted by molar-refractivity contribution is 0.406. The van der Waals surface area contributed by atoms with Crippen molar-refractivity contribution in [1.29, 1.82) is 0 Å². The van der Waals surface area contributed by atoms with E-state index < -0.39 is 10.0 Å². The molecule has 0 saturated heterocycles. The van der Waals surface area contributed by atoms with Gasteiger partial charge in [0.15, 0.2) is 0 Å². The molecule has 1 rings (SSSR count). The Hall–Kier alpha value is -0.780. The van der Waals surface area contributed by atoms with Crippen LogP contribution in [0.15, 0.2) is 12.1 Å². The van der Waals surface area contributed by atoms with Crippen molar-refractivity contribution >= 4 is 21.6 Å². The van der Waals surface area contributed by atoms with Gasteiger partial charge in [-0.15, -0.1) is 0 Å². The van der Waals surface area contributed by atoms with Crippen LogP contribution in [0.4, 0.5) is 0 Å². The third kappa shape index (κ3) is 3.66. The molecule has 4 nitrogen and oxygen atoms in total. The first-order chi connectivity index (χ1) is 7.33. The van der Waals surface area contributed by atoms with Crippen molar-refractivity contribution in [2.24, 2.45) is 0 Å². The van der Waals surface area contributed by atoms with Crippen LogP contribution in [0.2, 0.25) is 5.02 Å². The molecule has 0 fully saturated rings. The summed E-state index contributed by atoms with van der Waals surface area (Å²) < 4.78 is 29.6. The van der Waals surface area contributed by atoms with Gasteiger partial charge in [0, 0.05) is 17.1 Å². The number of sulfonamides is 1. The summed E-state index contributed by atoms with van der Waals surface area (Å²) in [6.45, 7) is 2.03. The quantitative estimate of drug-likeness (QED) is 0.900. The second kappa shape index (κ2) is 5.03. The zero-order valence-corrected chi connectivity index (χ0v) is 10.9. The van der Waals surface area contributed by atoms with Crippen molar-refractivity contribution < 1.29 is 13.2 Å². The Balaban J connectivity index is 3.03. The summed E-state index contributed by atoms with van der Waals surface area (Å²) in [5.41, 5.74) is 1.60. The summed E-state index contributed by atoms with van der Waals surface area (Å²) in [6, 6.07) is 3.45. The Labute approximate surface area is 101 Å². The van der Waals surface area contributed by atoms with Gasteiger partial charge in [0.05, 0.1) is 13.4 Å². The monoisotopic (exact) mass is 263 g/mol. The van der Waals surface area contributed by atoms with Crippen molar-refractivity contribution in [1.82, 2.24) is 4.72 Å². The molecule has 0 aliphatic rings. The van der Waals surface area contributed by atoms with Crippen LogP contribution in [0.3, 0.4) is 0 Å². The highest BCUT2D eigenvalue weighted by Crippen LogP contribution is 2.27. The molecule has 0 aromatic heterocycles. The molecule has 16 heavy (non-hydrogen) atoms. The summed E-state index contributed by atoms with van der Waals surface area (Å²) in [5, 5.41) is 0.559. The van der Waals surface area contributed by atoms with E-state index in [4.69, 9.17) is 16.3 Å². The molecule has 1 aromatic rings. The number of benzene rings is 1. The molecule has 0 aliphatic heterocycles. The molecule has 90 valence electrons. The standard InChI is InChI=1S/C10H14ClNO3S/c1-7-4-9(11)5-8(10(7)15-2)6-12-16(3,13)14/h4-5,12H,6H2,1-3H3. The number of halogens is 1. The van der Waals surface area contributed by atoms with Crippen molar-refractivity contribution in [3.63, 3.8) is 0 Å². The Morgan fingerprint density at radius 3 is 2.56 bits per heavy atom. The normalized spacial score (nSPS) is 11.5. The van der Waals surface area contributed by atoms with Gasteiger partial charge in [-0.1, -0.05) is 11.6 Å². The van der Waals surface area contributed by atoms with Gasteiger partial charge >= 0.3 is 0 Å². The minimum absolute atomic E-state index is 0.170. The molecule has 0 bridgehead atoms. The average Bonchev–Trinajstić information content (AvgIpc) is 2.12. The molecule has 0 spiro atoms. The molecule has 0 saturated carbocycles. The first kappa shape index (κ1) is 13.3. The van der Waals surface area contributed by atoms with Gasteiger partial charge in [0.1, 0.15) is 5.75 Å². The smallest absolute Gasteiger partial charge is 0.209 e. The zero-order chi connectivity index (χ0) is 12.3. The molecule has 0 heterocycles. The summed E-state index contributed by atoms with van der Waals surface area (Å²) in [6.07, 6.45) is 1.11. The van der Waals surface area contributed by atoms with E-state index in [2.05, 4.69) is 4.72 Å². The number of methoxy groups -OCH3 is 1. The van der Waals surface area contributed by atoms with Gasteiger partial charge < -0.3 is 4.74 Å². The van der Waals surface area contributed by atoms with Gasteiger partial charge in [-0.3, -0.25) is 0 Å². The Morgan fingerprint density at radius 1 is 1.44 bits per heavy atom. The van der Waals surface area contributed by atoms with Crippen LogP contribution >= 0.6 is 11.6 Å². The predicted molar refractivity (Wildman–Crippen MR) is 64.4 cm³/mol. The summed E-state index contributed by atoms with van der Waals surface area (Å²) in [7, 11) is -1.68. The van der Waals surface area contributed by atoms with E-state index in [1.54, 1.807) is 19.2 Å². The molecule has 0 unspecified atom stereocenters. The minimum atomic E-state index is -3.22. The van der Waals surface area contributed by atoms with Crippen molar-refractivity contribution in [3.8, 4) is 5.75 Å². The van der Waals surface area contributed by atoms with Crippen molar-refractivity contribution in [2.45, 2.75) is 13.5 Å². The molecule has 0 radical (unpaired) electrons. The molecule has 1 aromatic carbocycles. The topological polar surface area (TPSA) is 55.4 Å². The molecule has 1 N–H and O–H groups in total. The van der Waals surface area contributed by atoms with E-state index in [0.717, 1.165) is 17.4 Å². The largest absolute Gasteiger partial charge is 0.496 e. The molecule has 6 heteroatoms. The maximum Gasteiger partial charge on any atom is 0.209 e. The van der Waals surface area contributed by atoms with Crippen LogP contribution in [-0.2, 0) is 16.6 Å². The van der Waals surface area contributed by atoms with Gasteiger partial charge in [0.25, 0.3) is 0 Å². The molecular weight excluding hydrogens is 250 g/mol. The van der Waals surface area contributed by atoms with Gasteiger partial charge in [-0.25, -0.2) is 13.1 Å². The second-order valence-electron chi connectivity index (χ2n) is 3.51. The van der Waals surface area contributed by atoms with Crippen molar-refractivity contribution in [3.05, 3.63) is 28.3 Å². The Bertz CT molecular complexity index is 485. The van der Waals surface area contributed by atoms with E-state index in [1.807, 2.05) is 6.92 Å². The Morgan fingerprint density at radius 2 is 2.06 bits per heavy atom. The Kier molecular flexibility index (Phi) is 4.18. The van der Waals surface area contributed by atoms with E-state index in [9.17, 15) is 8.42 Å². The van der Waals surface area contributed by atoms with E-state index >= 15 is 0 Å². The second-order valence-corrected chi connectivity index (χ2v) is 5.78. The first-order valence-corrected chi connectivity index (χ1v) is 6.88. The van der Waals surface area contributed by atoms with Crippen LogP contribution in [0.1, 0.15) is 11.1 Å². The fraction of sp³-hybridized carbons (Fsp3) is 0.400. The van der Waals surface area contributed by atoms with Gasteiger partial charge in [0.2, 0.25) is 10.0 Å². The number of nitrogens with one attached hydrogen (secondary N) is 1. The third-order valence-electron chi connectivity index (χ3n) is 2.05. The SMILES string of the molecule is COc1c(C)cc(Cl)cc1CNS(C)(=O)=O. The summed E-state index contributed by atoms with van der Waals surface area (Å²) >= 11 is 5.90. The highest BCUT2D eigenvalue weighted by molar-refractivity contribution is 7.88. The van der Waals surface area contributed by atoms with Crippen molar-refractivity contribution in [2.75, 3.05) is 13.4 Å². The number of rotatable bonds is 4. The summed E-state index contributed by atoms with van der Waals surface area (Å²) in [5.74, 6) is 0.653. The molecule has 0 atom stereocenters. The summed E-state index contributed by atoms with van der Waals surface area (Å²) in [4.78, 5) is 0. The van der Waals surface area contributed by atoms with Crippen LogP contribution in [0.25, 0.3) is 0 Å². The third-order valence-corrected chi connectivity index (χ3v) is 2.93. The van der Waals surface area contributed by atoms with Crippen LogP contribution < -0.4 is 9.46 Å². The highest BCUT2D eigenvalue weighted by Gasteiger charge is 2.10. The highest BCUT2D eigenvalue weighted by atomic mass is 35.5. The zero-order valence-electron chi connectivity index (χ0n) is 9.37. The fourth-order valence-electron chi connectivity index (χ4n) is 1.43. The molecule has 0 amide bonds. The van der Waals surface area contributed by atoms with Crippen LogP contribution in [0, 0.1) is 6.92 Å². The maximum absolute atomic E-state index is 11.0. The maximum atomic E-state index is 11.0. The van der Waals surface area contributed by atoms with Crippen LogP contribution in [0.5, 0.6) is 5.75 Å². The fourth-order valence-corrected chi connectivity index (χ4v) is 2.14. The van der Waals surface area contributed by atoms with Gasteiger partial charge in [-0.05, 0) is 24.6 Å². The number of hydrogen-bond donors (Lipinski definition) is 1. The van der Waals surface area contributed by atoms with E-state index in [0.29, 0.717) is 10.8 Å². The van der Waals surface area contributed by atoms with Gasteiger partial charge in [-0.2, -0.15) is 0 Å². The number of ether oxygens (including phenoxy) is 1. The number of hydrogen-bond acceptors (Lipinski definition) is 3. The lowest BCUT2D eigenvalue weighted by Crippen LogP contribution is -2.21. The molecular formula is C10H14ClNO3S. The number of aryl methyl sites for hydroxylation is 1.